The van der Waals surface area contributed by atoms with Crippen molar-refractivity contribution in [1.29, 1.82) is 0 Å². The van der Waals surface area contributed by atoms with Crippen molar-refractivity contribution in [3.05, 3.63) is 95.0 Å². The molecule has 2 heterocycles. The Labute approximate surface area is 185 Å². The van der Waals surface area contributed by atoms with Gasteiger partial charge in [0.05, 0.1) is 17.4 Å². The molecule has 0 aliphatic carbocycles. The monoisotopic (exact) mass is 432 g/mol. The lowest BCUT2D eigenvalue weighted by molar-refractivity contribution is -0.126. The summed E-state index contributed by atoms with van der Waals surface area (Å²) in [7, 11) is 0. The highest BCUT2D eigenvalue weighted by Gasteiger charge is 2.60. The lowest BCUT2D eigenvalue weighted by atomic mass is 9.90. The van der Waals surface area contributed by atoms with Gasteiger partial charge < -0.3 is 0 Å². The number of benzene rings is 3. The predicted octanol–water partition coefficient (Wildman–Crippen LogP) is 4.95. The Morgan fingerprint density at radius 3 is 2.16 bits per heavy atom. The molecule has 6 heteroatoms. The number of hydroxylamine groups is 1. The Balaban J connectivity index is 1.57. The minimum absolute atomic E-state index is 0.264. The molecule has 2 aliphatic heterocycles. The fraction of sp³-hybridized carbons (Fsp3) is 0.200. The third kappa shape index (κ3) is 3.30. The van der Waals surface area contributed by atoms with E-state index in [4.69, 9.17) is 16.4 Å². The molecule has 31 heavy (non-hydrogen) atoms. The molecule has 0 saturated carbocycles. The summed E-state index contributed by atoms with van der Waals surface area (Å²) in [6.07, 6.45) is 0.0525. The number of carbonyl (C=O) groups is 2. The van der Waals surface area contributed by atoms with Gasteiger partial charge in [-0.3, -0.25) is 14.4 Å². The van der Waals surface area contributed by atoms with Crippen molar-refractivity contribution >= 4 is 34.8 Å². The normalized spacial score (nSPS) is 22.8. The summed E-state index contributed by atoms with van der Waals surface area (Å²) in [6, 6.07) is 24.0. The quantitative estimate of drug-likeness (QED) is 0.547. The summed E-state index contributed by atoms with van der Waals surface area (Å²) >= 11 is 5.98. The van der Waals surface area contributed by atoms with Crippen molar-refractivity contribution in [2.24, 2.45) is 5.92 Å². The van der Waals surface area contributed by atoms with E-state index in [9.17, 15) is 9.59 Å². The van der Waals surface area contributed by atoms with Crippen molar-refractivity contribution in [3.63, 3.8) is 0 Å². The first kappa shape index (κ1) is 19.8. The molecule has 2 aliphatic rings. The number of fused-ring (bicyclic) bond motifs is 1. The molecule has 2 amide bonds. The smallest absolute Gasteiger partial charge is 0.266 e. The summed E-state index contributed by atoms with van der Waals surface area (Å²) < 4.78 is 0. The van der Waals surface area contributed by atoms with E-state index in [0.29, 0.717) is 10.7 Å². The average molecular weight is 433 g/mol. The van der Waals surface area contributed by atoms with Crippen LogP contribution in [0.3, 0.4) is 0 Å². The second-order valence-electron chi connectivity index (χ2n) is 7.74. The van der Waals surface area contributed by atoms with Crippen LogP contribution in [0.25, 0.3) is 0 Å². The maximum Gasteiger partial charge on any atom is 0.266 e. The van der Waals surface area contributed by atoms with Crippen molar-refractivity contribution in [1.82, 2.24) is 0 Å². The molecule has 5 nitrogen and oxygen atoms in total. The van der Waals surface area contributed by atoms with Crippen molar-refractivity contribution in [2.75, 3.05) is 9.96 Å². The first-order chi connectivity index (χ1) is 15.1. The number of hydrogen-bond donors (Lipinski definition) is 0. The number of anilines is 2. The van der Waals surface area contributed by atoms with E-state index in [1.807, 2.05) is 42.5 Å². The van der Waals surface area contributed by atoms with Crippen LogP contribution in [-0.2, 0) is 20.8 Å². The molecule has 0 unspecified atom stereocenters. The molecule has 0 radical (unpaired) electrons. The van der Waals surface area contributed by atoms with E-state index in [1.165, 1.54) is 10.5 Å². The molecule has 3 aromatic rings. The fourth-order valence-corrected chi connectivity index (χ4v) is 4.47. The van der Waals surface area contributed by atoms with Gasteiger partial charge in [0.1, 0.15) is 5.92 Å². The maximum atomic E-state index is 13.5. The van der Waals surface area contributed by atoms with Crippen LogP contribution in [0.1, 0.15) is 24.1 Å². The number of rotatable bonds is 4. The second-order valence-corrected chi connectivity index (χ2v) is 8.18. The number of imide groups is 1. The van der Waals surface area contributed by atoms with E-state index < -0.39 is 18.1 Å². The lowest BCUT2D eigenvalue weighted by Gasteiger charge is -2.28. The zero-order valence-corrected chi connectivity index (χ0v) is 17.7. The Hall–Kier alpha value is -3.15. The first-order valence-electron chi connectivity index (χ1n) is 10.3. The van der Waals surface area contributed by atoms with Crippen LogP contribution in [0, 0.1) is 5.92 Å². The maximum absolute atomic E-state index is 13.5. The predicted molar refractivity (Wildman–Crippen MR) is 120 cm³/mol. The van der Waals surface area contributed by atoms with Gasteiger partial charge in [0.15, 0.2) is 6.10 Å². The Morgan fingerprint density at radius 2 is 1.52 bits per heavy atom. The van der Waals surface area contributed by atoms with Crippen LogP contribution in [-0.4, -0.2) is 17.9 Å². The van der Waals surface area contributed by atoms with Gasteiger partial charge in [0, 0.05) is 5.02 Å². The van der Waals surface area contributed by atoms with Gasteiger partial charge in [-0.2, -0.15) is 0 Å². The molecule has 0 bridgehead atoms. The zero-order chi connectivity index (χ0) is 21.5. The van der Waals surface area contributed by atoms with Crippen LogP contribution < -0.4 is 9.96 Å². The highest BCUT2D eigenvalue weighted by atomic mass is 35.5. The lowest BCUT2D eigenvalue weighted by Crippen LogP contribution is -2.37. The summed E-state index contributed by atoms with van der Waals surface area (Å²) in [4.78, 5) is 34.2. The van der Waals surface area contributed by atoms with E-state index in [2.05, 4.69) is 19.1 Å². The van der Waals surface area contributed by atoms with Gasteiger partial charge >= 0.3 is 0 Å². The third-order valence-electron chi connectivity index (χ3n) is 5.94. The van der Waals surface area contributed by atoms with Crippen molar-refractivity contribution in [2.45, 2.75) is 25.5 Å². The van der Waals surface area contributed by atoms with Crippen LogP contribution >= 0.6 is 11.6 Å². The largest absolute Gasteiger partial charge is 0.273 e. The van der Waals surface area contributed by atoms with Crippen LogP contribution in [0.5, 0.6) is 0 Å². The highest BCUT2D eigenvalue weighted by molar-refractivity contribution is 6.31. The molecule has 3 aromatic carbocycles. The zero-order valence-electron chi connectivity index (χ0n) is 16.9. The number of para-hydroxylation sites is 1. The molecule has 2 fully saturated rings. The molecule has 2 saturated heterocycles. The van der Waals surface area contributed by atoms with Gasteiger partial charge in [-0.1, -0.05) is 61.0 Å². The first-order valence-corrected chi connectivity index (χ1v) is 10.7. The standard InChI is InChI=1S/C25H21ClN2O3/c1-2-16-8-10-17(11-9-16)22-21-23(31-28(22)20-6-4-3-5-7-20)25(30)27(24(21)29)19-14-12-18(26)13-15-19/h3-15,21-23H,2H2,1H3/t21-,22+,23+/m1/s1. The Kier molecular flexibility index (Phi) is 5.00. The van der Waals surface area contributed by atoms with Gasteiger partial charge in [0.2, 0.25) is 5.91 Å². The van der Waals surface area contributed by atoms with Crippen molar-refractivity contribution in [3.8, 4) is 0 Å². The fourth-order valence-electron chi connectivity index (χ4n) is 4.35. The molecule has 0 spiro atoms. The second kappa shape index (κ2) is 7.84. The van der Waals surface area contributed by atoms with E-state index in [-0.39, 0.29) is 11.8 Å². The van der Waals surface area contributed by atoms with Crippen LogP contribution in [0.4, 0.5) is 11.4 Å². The topological polar surface area (TPSA) is 49.9 Å². The number of hydrogen-bond acceptors (Lipinski definition) is 4. The van der Waals surface area contributed by atoms with Gasteiger partial charge in [-0.05, 0) is 53.9 Å². The van der Waals surface area contributed by atoms with E-state index >= 15 is 0 Å². The average Bonchev–Trinajstić information content (AvgIpc) is 3.31. The minimum Gasteiger partial charge on any atom is -0.273 e. The number of aryl methyl sites for hydroxylation is 1. The molecule has 156 valence electrons. The molecule has 3 atom stereocenters. The van der Waals surface area contributed by atoms with Crippen LogP contribution in [0.15, 0.2) is 78.9 Å². The molecular weight excluding hydrogens is 412 g/mol. The molecule has 0 aromatic heterocycles. The van der Waals surface area contributed by atoms with Crippen LogP contribution in [0.2, 0.25) is 5.02 Å². The van der Waals surface area contributed by atoms with E-state index in [0.717, 1.165) is 17.7 Å². The summed E-state index contributed by atoms with van der Waals surface area (Å²) in [5, 5.41) is 2.26. The third-order valence-corrected chi connectivity index (χ3v) is 6.19. The van der Waals surface area contributed by atoms with Crippen molar-refractivity contribution < 1.29 is 14.4 Å². The minimum atomic E-state index is -0.876. The molecular formula is C25H21ClN2O3. The Bertz CT molecular complexity index is 1120. The van der Waals surface area contributed by atoms with Gasteiger partial charge in [-0.25, -0.2) is 9.96 Å². The number of nitrogens with zero attached hydrogens (tertiary/aromatic N) is 2. The Morgan fingerprint density at radius 1 is 0.839 bits per heavy atom. The molecule has 0 N–H and O–H groups in total. The number of halogens is 1. The van der Waals surface area contributed by atoms with E-state index in [1.54, 1.807) is 29.3 Å². The van der Waals surface area contributed by atoms with Gasteiger partial charge in [0.25, 0.3) is 5.91 Å². The summed E-state index contributed by atoms with van der Waals surface area (Å²) in [5.41, 5.74) is 3.46. The summed E-state index contributed by atoms with van der Waals surface area (Å²) in [6.45, 7) is 2.10. The number of amides is 2. The highest BCUT2D eigenvalue weighted by Crippen LogP contribution is 2.47. The molecule has 5 rings (SSSR count). The summed E-state index contributed by atoms with van der Waals surface area (Å²) in [5.74, 6) is -1.26. The van der Waals surface area contributed by atoms with Gasteiger partial charge in [-0.15, -0.1) is 0 Å². The SMILES string of the molecule is CCc1ccc([C@H]2[C@H]3C(=O)N(c4ccc(Cl)cc4)C(=O)[C@H]3ON2c2ccccc2)cc1. The number of carbonyl (C=O) groups excluding carboxylic acids is 2.